The Hall–Kier alpha value is -4.85. The molecule has 0 atom stereocenters. The van der Waals surface area contributed by atoms with Gasteiger partial charge in [0.25, 0.3) is 11.8 Å². The Morgan fingerprint density at radius 3 is 2.50 bits per heavy atom. The van der Waals surface area contributed by atoms with Crippen LogP contribution < -0.4 is 20.7 Å². The van der Waals surface area contributed by atoms with E-state index in [1.807, 2.05) is 50.4 Å². The van der Waals surface area contributed by atoms with Gasteiger partial charge in [0.05, 0.1) is 12.2 Å². The molecule has 216 valence electrons. The number of carbonyl (C=O) groups is 2. The van der Waals surface area contributed by atoms with Gasteiger partial charge in [0, 0.05) is 43.1 Å². The first kappa shape index (κ1) is 28.7. The van der Waals surface area contributed by atoms with Crippen LogP contribution in [0.5, 0.6) is 5.75 Å². The number of ether oxygens (including phenoxy) is 1. The number of nitrogens with one attached hydrogen (secondary N) is 3. The van der Waals surface area contributed by atoms with Crippen molar-refractivity contribution in [2.24, 2.45) is 5.92 Å². The highest BCUT2D eigenvalue weighted by Crippen LogP contribution is 2.37. The molecule has 8 heteroatoms. The van der Waals surface area contributed by atoms with Crippen LogP contribution in [0.4, 0.5) is 4.39 Å². The van der Waals surface area contributed by atoms with E-state index in [0.717, 1.165) is 24.1 Å². The van der Waals surface area contributed by atoms with Gasteiger partial charge in [-0.3, -0.25) is 9.59 Å². The van der Waals surface area contributed by atoms with E-state index in [1.54, 1.807) is 31.3 Å². The normalized spacial score (nSPS) is 12.6. The van der Waals surface area contributed by atoms with Gasteiger partial charge in [-0.05, 0) is 89.5 Å². The van der Waals surface area contributed by atoms with E-state index in [0.29, 0.717) is 58.2 Å². The predicted molar refractivity (Wildman–Crippen MR) is 163 cm³/mol. The van der Waals surface area contributed by atoms with E-state index < -0.39 is 0 Å². The van der Waals surface area contributed by atoms with Gasteiger partial charge in [-0.25, -0.2) is 4.39 Å². The maximum atomic E-state index is 13.6. The Labute approximate surface area is 244 Å². The van der Waals surface area contributed by atoms with E-state index in [4.69, 9.17) is 9.15 Å². The largest absolute Gasteiger partial charge is 0.493 e. The van der Waals surface area contributed by atoms with Gasteiger partial charge in [-0.2, -0.15) is 0 Å². The van der Waals surface area contributed by atoms with Gasteiger partial charge in [-0.1, -0.05) is 26.0 Å². The molecule has 2 amide bonds. The summed E-state index contributed by atoms with van der Waals surface area (Å²) in [5.74, 6) is 0.352. The minimum absolute atomic E-state index is 0.187. The summed E-state index contributed by atoms with van der Waals surface area (Å²) < 4.78 is 25.8. The molecule has 42 heavy (non-hydrogen) atoms. The van der Waals surface area contributed by atoms with Crippen LogP contribution in [0.25, 0.3) is 33.4 Å². The molecule has 0 unspecified atom stereocenters. The molecule has 0 aliphatic carbocycles. The smallest absolute Gasteiger partial charge is 0.255 e. The van der Waals surface area contributed by atoms with E-state index in [9.17, 15) is 14.0 Å². The highest BCUT2D eigenvalue weighted by molar-refractivity contribution is 6.12. The second kappa shape index (κ2) is 12.8. The summed E-state index contributed by atoms with van der Waals surface area (Å²) in [4.78, 5) is 26.1. The lowest BCUT2D eigenvalue weighted by Crippen LogP contribution is -2.27. The molecule has 0 spiro atoms. The van der Waals surface area contributed by atoms with Crippen LogP contribution in [0.15, 0.2) is 89.0 Å². The first-order valence-electron chi connectivity index (χ1n) is 14.0. The molecule has 0 fully saturated rings. The van der Waals surface area contributed by atoms with Crippen LogP contribution in [0, 0.1) is 11.7 Å². The predicted octanol–water partition coefficient (Wildman–Crippen LogP) is 6.46. The summed E-state index contributed by atoms with van der Waals surface area (Å²) in [5, 5.41) is 9.42. The van der Waals surface area contributed by atoms with Crippen LogP contribution in [-0.4, -0.2) is 38.6 Å². The van der Waals surface area contributed by atoms with Gasteiger partial charge in [-0.15, -0.1) is 0 Å². The fourth-order valence-electron chi connectivity index (χ4n) is 4.78. The summed E-state index contributed by atoms with van der Waals surface area (Å²) in [5.41, 5.74) is 4.67. The first-order valence-corrected chi connectivity index (χ1v) is 14.0. The van der Waals surface area contributed by atoms with Crippen LogP contribution in [-0.2, 0) is 0 Å². The summed E-state index contributed by atoms with van der Waals surface area (Å²) >= 11 is 0. The lowest BCUT2D eigenvalue weighted by molar-refractivity contribution is 0.0945. The minimum Gasteiger partial charge on any atom is -0.493 e. The maximum absolute atomic E-state index is 13.6. The Morgan fingerprint density at radius 1 is 1.00 bits per heavy atom. The number of carbonyl (C=O) groups excluding carboxylic acids is 2. The molecule has 1 aliphatic heterocycles. The van der Waals surface area contributed by atoms with E-state index in [1.165, 1.54) is 17.7 Å². The van der Waals surface area contributed by atoms with Crippen molar-refractivity contribution in [1.82, 2.24) is 16.0 Å². The van der Waals surface area contributed by atoms with Gasteiger partial charge >= 0.3 is 0 Å². The van der Waals surface area contributed by atoms with E-state index >= 15 is 0 Å². The molecular weight excluding hydrogens is 533 g/mol. The highest BCUT2D eigenvalue weighted by Gasteiger charge is 2.22. The number of benzene rings is 3. The van der Waals surface area contributed by atoms with Crippen LogP contribution in [0.2, 0.25) is 0 Å². The standard InChI is InChI=1S/C34H34FN3O4/c1-21(2)20-38-33(39)26-16-25(17-28(18-26)41-15-12-22-10-13-37-14-11-22)24-6-9-30-29(19-24)31(34(40)36-3)32(42-30)23-4-7-27(35)8-5-23/h4-11,13,16-19,21,37H,12,14-15,20H2,1-3H3,(H,36,40)(H,38,39). The zero-order valence-corrected chi connectivity index (χ0v) is 23.9. The SMILES string of the molecule is CNC(=O)c1c(-c2ccc(F)cc2)oc2ccc(-c3cc(OCCC4=CCNC=C4)cc(C(=O)NCC(C)C)c3)cc12. The van der Waals surface area contributed by atoms with Crippen molar-refractivity contribution in [3.63, 3.8) is 0 Å². The third-order valence-electron chi connectivity index (χ3n) is 6.98. The lowest BCUT2D eigenvalue weighted by Gasteiger charge is -2.14. The fourth-order valence-corrected chi connectivity index (χ4v) is 4.78. The highest BCUT2D eigenvalue weighted by atomic mass is 19.1. The number of fused-ring (bicyclic) bond motifs is 1. The molecule has 1 aromatic heterocycles. The van der Waals surface area contributed by atoms with Crippen molar-refractivity contribution in [2.75, 3.05) is 26.7 Å². The molecule has 4 aromatic rings. The number of hydrogen-bond donors (Lipinski definition) is 3. The van der Waals surface area contributed by atoms with Gasteiger partial charge in [0.15, 0.2) is 0 Å². The molecule has 0 bridgehead atoms. The number of hydrogen-bond acceptors (Lipinski definition) is 5. The van der Waals surface area contributed by atoms with Crippen molar-refractivity contribution in [3.8, 4) is 28.2 Å². The summed E-state index contributed by atoms with van der Waals surface area (Å²) in [7, 11) is 1.55. The Morgan fingerprint density at radius 2 is 1.79 bits per heavy atom. The average molecular weight is 568 g/mol. The number of dihydropyridines is 1. The van der Waals surface area contributed by atoms with Crippen molar-refractivity contribution >= 4 is 22.8 Å². The monoisotopic (exact) mass is 567 g/mol. The molecule has 0 saturated carbocycles. The third-order valence-corrected chi connectivity index (χ3v) is 6.98. The van der Waals surface area contributed by atoms with Gasteiger partial charge < -0.3 is 25.1 Å². The van der Waals surface area contributed by atoms with Crippen LogP contribution >= 0.6 is 0 Å². The number of furan rings is 1. The topological polar surface area (TPSA) is 92.6 Å². The molecule has 3 aromatic carbocycles. The zero-order valence-electron chi connectivity index (χ0n) is 23.9. The van der Waals surface area contributed by atoms with Crippen LogP contribution in [0.3, 0.4) is 0 Å². The van der Waals surface area contributed by atoms with Gasteiger partial charge in [0.2, 0.25) is 0 Å². The summed E-state index contributed by atoms with van der Waals surface area (Å²) in [6, 6.07) is 16.8. The number of amides is 2. The Kier molecular flexibility index (Phi) is 8.71. The summed E-state index contributed by atoms with van der Waals surface area (Å²) in [6.45, 7) is 5.88. The fraction of sp³-hybridized carbons (Fsp3) is 0.235. The van der Waals surface area contributed by atoms with E-state index in [2.05, 4.69) is 22.0 Å². The quantitative estimate of drug-likeness (QED) is 0.204. The molecule has 7 nitrogen and oxygen atoms in total. The first-order chi connectivity index (χ1) is 20.3. The second-order valence-electron chi connectivity index (χ2n) is 10.6. The Bertz CT molecular complexity index is 1670. The molecule has 0 saturated heterocycles. The van der Waals surface area contributed by atoms with Crippen LogP contribution in [0.1, 0.15) is 41.0 Å². The van der Waals surface area contributed by atoms with E-state index in [-0.39, 0.29) is 17.6 Å². The molecule has 5 rings (SSSR count). The number of allylic oxidation sites excluding steroid dienone is 1. The van der Waals surface area contributed by atoms with Crippen molar-refractivity contribution in [1.29, 1.82) is 0 Å². The minimum atomic E-state index is -0.377. The zero-order chi connectivity index (χ0) is 29.6. The third kappa shape index (κ3) is 6.54. The Balaban J connectivity index is 1.53. The second-order valence-corrected chi connectivity index (χ2v) is 10.6. The van der Waals surface area contributed by atoms with Gasteiger partial charge in [0.1, 0.15) is 22.9 Å². The molecule has 2 heterocycles. The lowest BCUT2D eigenvalue weighted by atomic mass is 9.98. The number of rotatable bonds is 10. The molecule has 0 radical (unpaired) electrons. The molecule has 3 N–H and O–H groups in total. The number of halogens is 1. The van der Waals surface area contributed by atoms with Crippen molar-refractivity contribution in [3.05, 3.63) is 102 Å². The van der Waals surface area contributed by atoms with Crippen molar-refractivity contribution in [2.45, 2.75) is 20.3 Å². The average Bonchev–Trinajstić information content (AvgIpc) is 3.39. The van der Waals surface area contributed by atoms with Crippen molar-refractivity contribution < 1.29 is 23.1 Å². The molecule has 1 aliphatic rings. The molecular formula is C34H34FN3O4. The maximum Gasteiger partial charge on any atom is 0.255 e. The summed E-state index contributed by atoms with van der Waals surface area (Å²) in [6.07, 6.45) is 6.81.